The van der Waals surface area contributed by atoms with Crippen molar-refractivity contribution in [3.05, 3.63) is 0 Å². The van der Waals surface area contributed by atoms with E-state index in [0.29, 0.717) is 18.1 Å². The summed E-state index contributed by atoms with van der Waals surface area (Å²) in [5.41, 5.74) is 5.95. The average molecular weight is 241 g/mol. The van der Waals surface area contributed by atoms with E-state index >= 15 is 0 Å². The molecule has 1 unspecified atom stereocenters. The molecule has 0 aromatic rings. The summed E-state index contributed by atoms with van der Waals surface area (Å²) in [6.07, 6.45) is 6.15. The zero-order valence-corrected chi connectivity index (χ0v) is 12.1. The van der Waals surface area contributed by atoms with Crippen LogP contribution >= 0.6 is 0 Å². The van der Waals surface area contributed by atoms with Gasteiger partial charge < -0.3 is 16.0 Å². The number of rotatable bonds is 6. The molecule has 3 nitrogen and oxygen atoms in total. The summed E-state index contributed by atoms with van der Waals surface area (Å²) in [6.45, 7) is 5.75. The van der Waals surface area contributed by atoms with Gasteiger partial charge >= 0.3 is 0 Å². The first kappa shape index (κ1) is 14.9. The summed E-state index contributed by atoms with van der Waals surface area (Å²) >= 11 is 0. The first-order valence-electron chi connectivity index (χ1n) is 7.13. The van der Waals surface area contributed by atoms with Gasteiger partial charge in [-0.05, 0) is 52.1 Å². The zero-order chi connectivity index (χ0) is 12.8. The molecule has 3 heteroatoms. The van der Waals surface area contributed by atoms with Crippen molar-refractivity contribution in [2.45, 2.75) is 64.1 Å². The van der Waals surface area contributed by atoms with Crippen LogP contribution in [-0.2, 0) is 0 Å². The Morgan fingerprint density at radius 1 is 1.18 bits per heavy atom. The highest BCUT2D eigenvalue weighted by Gasteiger charge is 2.21. The smallest absolute Gasteiger partial charge is 0.0199 e. The van der Waals surface area contributed by atoms with Crippen LogP contribution in [0.25, 0.3) is 0 Å². The molecule has 1 fully saturated rings. The first-order valence-corrected chi connectivity index (χ1v) is 7.13. The van der Waals surface area contributed by atoms with Gasteiger partial charge in [0.2, 0.25) is 0 Å². The van der Waals surface area contributed by atoms with E-state index in [-0.39, 0.29) is 0 Å². The lowest BCUT2D eigenvalue weighted by atomic mass is 9.90. The number of likely N-dealkylation sites (N-methyl/N-ethyl adjacent to an activating group) is 1. The minimum Gasteiger partial charge on any atom is -0.328 e. The van der Waals surface area contributed by atoms with Gasteiger partial charge in [0, 0.05) is 24.7 Å². The monoisotopic (exact) mass is 241 g/mol. The van der Waals surface area contributed by atoms with Crippen molar-refractivity contribution in [3.63, 3.8) is 0 Å². The first-order chi connectivity index (χ1) is 7.97. The summed E-state index contributed by atoms with van der Waals surface area (Å²) in [6, 6.07) is 1.77. The van der Waals surface area contributed by atoms with Gasteiger partial charge in [-0.1, -0.05) is 13.8 Å². The minimum atomic E-state index is 0.449. The quantitative estimate of drug-likeness (QED) is 0.745. The van der Waals surface area contributed by atoms with E-state index in [0.717, 1.165) is 12.5 Å². The molecule has 1 atom stereocenters. The predicted octanol–water partition coefficient (Wildman–Crippen LogP) is 1.82. The molecule has 3 N–H and O–H groups in total. The van der Waals surface area contributed by atoms with Gasteiger partial charge in [0.05, 0.1) is 0 Å². The topological polar surface area (TPSA) is 41.3 Å². The lowest BCUT2D eigenvalue weighted by molar-refractivity contribution is 0.253. The van der Waals surface area contributed by atoms with Crippen molar-refractivity contribution in [2.75, 3.05) is 20.6 Å². The van der Waals surface area contributed by atoms with E-state index in [1.165, 1.54) is 32.1 Å². The van der Waals surface area contributed by atoms with Crippen molar-refractivity contribution in [3.8, 4) is 0 Å². The summed E-state index contributed by atoms with van der Waals surface area (Å²) in [4.78, 5) is 2.29. The van der Waals surface area contributed by atoms with Crippen molar-refractivity contribution >= 4 is 0 Å². The highest BCUT2D eigenvalue weighted by molar-refractivity contribution is 4.83. The normalized spacial score (nSPS) is 27.7. The molecule has 0 heterocycles. The van der Waals surface area contributed by atoms with Crippen LogP contribution in [0.3, 0.4) is 0 Å². The Balaban J connectivity index is 2.36. The third-order valence-corrected chi connectivity index (χ3v) is 3.58. The molecule has 102 valence electrons. The van der Waals surface area contributed by atoms with E-state index in [1.807, 2.05) is 0 Å². The highest BCUT2D eigenvalue weighted by atomic mass is 15.1. The van der Waals surface area contributed by atoms with Gasteiger partial charge in [-0.3, -0.25) is 0 Å². The van der Waals surface area contributed by atoms with E-state index in [4.69, 9.17) is 5.73 Å². The maximum atomic E-state index is 5.95. The second-order valence-corrected chi connectivity index (χ2v) is 6.37. The molecule has 1 saturated carbocycles. The molecule has 0 aliphatic heterocycles. The van der Waals surface area contributed by atoms with Crippen LogP contribution in [0, 0.1) is 5.92 Å². The van der Waals surface area contributed by atoms with Gasteiger partial charge in [-0.2, -0.15) is 0 Å². The lowest BCUT2D eigenvalue weighted by Crippen LogP contribution is -2.47. The van der Waals surface area contributed by atoms with Crippen LogP contribution in [0.4, 0.5) is 0 Å². The Morgan fingerprint density at radius 3 is 2.24 bits per heavy atom. The van der Waals surface area contributed by atoms with Crippen LogP contribution < -0.4 is 11.1 Å². The van der Waals surface area contributed by atoms with E-state index in [2.05, 4.69) is 38.2 Å². The number of hydrogen-bond donors (Lipinski definition) is 2. The van der Waals surface area contributed by atoms with Crippen molar-refractivity contribution < 1.29 is 0 Å². The Hall–Kier alpha value is -0.120. The van der Waals surface area contributed by atoms with Crippen LogP contribution in [-0.4, -0.2) is 43.7 Å². The molecule has 1 aliphatic rings. The molecule has 0 radical (unpaired) electrons. The van der Waals surface area contributed by atoms with Gasteiger partial charge in [0.15, 0.2) is 0 Å². The fraction of sp³-hybridized carbons (Fsp3) is 1.00. The number of nitrogens with zero attached hydrogens (tertiary/aromatic N) is 1. The van der Waals surface area contributed by atoms with E-state index < -0.39 is 0 Å². The maximum absolute atomic E-state index is 5.95. The number of hydrogen-bond acceptors (Lipinski definition) is 3. The van der Waals surface area contributed by atoms with Gasteiger partial charge in [0.1, 0.15) is 0 Å². The predicted molar refractivity (Wildman–Crippen MR) is 75.2 cm³/mol. The SMILES string of the molecule is CC(C)CC(CN(C)C)NC1CCC(N)CC1. The highest BCUT2D eigenvalue weighted by Crippen LogP contribution is 2.18. The van der Waals surface area contributed by atoms with E-state index in [1.54, 1.807) is 0 Å². The molecule has 0 aromatic heterocycles. The molecule has 0 amide bonds. The Morgan fingerprint density at radius 2 is 1.76 bits per heavy atom. The second kappa shape index (κ2) is 7.34. The molecular weight excluding hydrogens is 210 g/mol. The lowest BCUT2D eigenvalue weighted by Gasteiger charge is -2.32. The van der Waals surface area contributed by atoms with Gasteiger partial charge in [0.25, 0.3) is 0 Å². The molecule has 0 bridgehead atoms. The van der Waals surface area contributed by atoms with Crippen molar-refractivity contribution in [1.82, 2.24) is 10.2 Å². The zero-order valence-electron chi connectivity index (χ0n) is 12.1. The van der Waals surface area contributed by atoms with Crippen LogP contribution in [0.2, 0.25) is 0 Å². The van der Waals surface area contributed by atoms with Crippen molar-refractivity contribution in [1.29, 1.82) is 0 Å². The molecule has 1 aliphatic carbocycles. The second-order valence-electron chi connectivity index (χ2n) is 6.37. The molecule has 0 aromatic carbocycles. The van der Waals surface area contributed by atoms with Crippen LogP contribution in [0.15, 0.2) is 0 Å². The molecule has 0 saturated heterocycles. The molecule has 0 spiro atoms. The standard InChI is InChI=1S/C14H31N3/c1-11(2)9-14(10-17(3)4)16-13-7-5-12(15)6-8-13/h11-14,16H,5-10,15H2,1-4H3. The molecular formula is C14H31N3. The van der Waals surface area contributed by atoms with E-state index in [9.17, 15) is 0 Å². The minimum absolute atomic E-state index is 0.449. The third kappa shape index (κ3) is 6.39. The van der Waals surface area contributed by atoms with Crippen LogP contribution in [0.5, 0.6) is 0 Å². The van der Waals surface area contributed by atoms with Crippen molar-refractivity contribution in [2.24, 2.45) is 11.7 Å². The average Bonchev–Trinajstić information content (AvgIpc) is 2.19. The van der Waals surface area contributed by atoms with Gasteiger partial charge in [-0.15, -0.1) is 0 Å². The van der Waals surface area contributed by atoms with Gasteiger partial charge in [-0.25, -0.2) is 0 Å². The summed E-state index contributed by atoms with van der Waals surface area (Å²) in [5.74, 6) is 0.762. The Bertz CT molecular complexity index is 186. The largest absolute Gasteiger partial charge is 0.328 e. The summed E-state index contributed by atoms with van der Waals surface area (Å²) < 4.78 is 0. The maximum Gasteiger partial charge on any atom is 0.0199 e. The fourth-order valence-electron chi connectivity index (χ4n) is 2.82. The molecule has 17 heavy (non-hydrogen) atoms. The summed E-state index contributed by atoms with van der Waals surface area (Å²) in [5, 5.41) is 3.84. The third-order valence-electron chi connectivity index (χ3n) is 3.58. The summed E-state index contributed by atoms with van der Waals surface area (Å²) in [7, 11) is 4.32. The van der Waals surface area contributed by atoms with Crippen LogP contribution in [0.1, 0.15) is 46.0 Å². The number of nitrogens with two attached hydrogens (primary N) is 1. The fourth-order valence-corrected chi connectivity index (χ4v) is 2.82. The Kier molecular flexibility index (Phi) is 6.45. The molecule has 1 rings (SSSR count). The number of nitrogens with one attached hydrogen (secondary N) is 1. The Labute approximate surface area is 107 Å².